The highest BCUT2D eigenvalue weighted by Gasteiger charge is 2.24. The molecule has 0 atom stereocenters. The summed E-state index contributed by atoms with van der Waals surface area (Å²) in [7, 11) is 1.59. The topological polar surface area (TPSA) is 71.0 Å². The Bertz CT molecular complexity index is 893. The molecule has 2 fully saturated rings. The molecule has 0 saturated carbocycles. The highest BCUT2D eigenvalue weighted by molar-refractivity contribution is 5.78. The molecule has 8 nitrogen and oxygen atoms in total. The van der Waals surface area contributed by atoms with Crippen molar-refractivity contribution in [3.63, 3.8) is 0 Å². The summed E-state index contributed by atoms with van der Waals surface area (Å²) >= 11 is 0. The van der Waals surface area contributed by atoms with Crippen molar-refractivity contribution in [1.29, 1.82) is 0 Å². The minimum atomic E-state index is -0.0153. The number of amides is 1. The molecule has 1 aromatic heterocycles. The minimum absolute atomic E-state index is 0.00605. The number of carbonyl (C=O) groups excluding carboxylic acids is 1. The molecule has 0 radical (unpaired) electrons. The molecule has 1 amide bonds. The minimum Gasteiger partial charge on any atom is -0.493 e. The lowest BCUT2D eigenvalue weighted by atomic mass is 10.1. The second kappa shape index (κ2) is 9.85. The first-order valence-corrected chi connectivity index (χ1v) is 11.0. The van der Waals surface area contributed by atoms with Gasteiger partial charge in [-0.1, -0.05) is 12.1 Å². The van der Waals surface area contributed by atoms with Gasteiger partial charge in [0.15, 0.2) is 18.1 Å². The van der Waals surface area contributed by atoms with Crippen molar-refractivity contribution in [3.8, 4) is 11.5 Å². The number of benzene rings is 1. The number of para-hydroxylation sites is 2. The van der Waals surface area contributed by atoms with Crippen molar-refractivity contribution < 1.29 is 14.3 Å². The monoisotopic (exact) mass is 425 g/mol. The maximum atomic E-state index is 12.6. The number of rotatable bonds is 6. The molecule has 31 heavy (non-hydrogen) atoms. The van der Waals surface area contributed by atoms with Crippen LogP contribution in [0.5, 0.6) is 11.5 Å². The molecule has 0 unspecified atom stereocenters. The predicted octanol–water partition coefficient (Wildman–Crippen LogP) is 2.51. The largest absolute Gasteiger partial charge is 0.493 e. The average molecular weight is 426 g/mol. The third-order valence-corrected chi connectivity index (χ3v) is 5.84. The van der Waals surface area contributed by atoms with Gasteiger partial charge in [-0.05, 0) is 38.3 Å². The molecule has 8 heteroatoms. The molecule has 2 aliphatic heterocycles. The zero-order valence-corrected chi connectivity index (χ0v) is 18.4. The second-order valence-electron chi connectivity index (χ2n) is 8.02. The Morgan fingerprint density at radius 3 is 2.35 bits per heavy atom. The van der Waals surface area contributed by atoms with E-state index >= 15 is 0 Å². The molecule has 2 saturated heterocycles. The van der Waals surface area contributed by atoms with Crippen molar-refractivity contribution >= 4 is 17.7 Å². The molecule has 0 aliphatic carbocycles. The molecular weight excluding hydrogens is 394 g/mol. The Balaban J connectivity index is 1.33. The molecular formula is C23H31N5O3. The van der Waals surface area contributed by atoms with Crippen LogP contribution in [0.15, 0.2) is 30.3 Å². The summed E-state index contributed by atoms with van der Waals surface area (Å²) in [6, 6.07) is 9.40. The Labute approximate surface area is 183 Å². The molecule has 1 aromatic carbocycles. The summed E-state index contributed by atoms with van der Waals surface area (Å²) in [5, 5.41) is 0. The van der Waals surface area contributed by atoms with Crippen molar-refractivity contribution in [2.75, 3.05) is 62.8 Å². The van der Waals surface area contributed by atoms with Crippen LogP contribution in [0.3, 0.4) is 0 Å². The van der Waals surface area contributed by atoms with E-state index in [9.17, 15) is 4.79 Å². The Kier molecular flexibility index (Phi) is 6.74. The molecule has 0 bridgehead atoms. The van der Waals surface area contributed by atoms with Gasteiger partial charge in [-0.2, -0.15) is 4.98 Å². The normalized spacial score (nSPS) is 16.9. The number of ether oxygens (including phenoxy) is 2. The number of aryl methyl sites for hydroxylation is 1. The molecule has 0 spiro atoms. The number of hydrogen-bond acceptors (Lipinski definition) is 7. The van der Waals surface area contributed by atoms with Gasteiger partial charge in [0.25, 0.3) is 5.91 Å². The molecule has 4 rings (SSSR count). The third kappa shape index (κ3) is 5.18. The van der Waals surface area contributed by atoms with Crippen molar-refractivity contribution in [3.05, 3.63) is 36.0 Å². The Hall–Kier alpha value is -3.03. The van der Waals surface area contributed by atoms with E-state index in [4.69, 9.17) is 14.5 Å². The summed E-state index contributed by atoms with van der Waals surface area (Å²) in [6.45, 7) is 6.87. The number of anilines is 2. The fraction of sp³-hybridized carbons (Fsp3) is 0.522. The number of carbonyl (C=O) groups is 1. The van der Waals surface area contributed by atoms with Crippen LogP contribution in [-0.2, 0) is 4.79 Å². The van der Waals surface area contributed by atoms with Crippen LogP contribution < -0.4 is 19.3 Å². The molecule has 2 aromatic rings. The Morgan fingerprint density at radius 2 is 1.65 bits per heavy atom. The van der Waals surface area contributed by atoms with Gasteiger partial charge in [0.1, 0.15) is 5.82 Å². The van der Waals surface area contributed by atoms with Gasteiger partial charge < -0.3 is 24.2 Å². The van der Waals surface area contributed by atoms with Gasteiger partial charge in [0.05, 0.1) is 7.11 Å². The van der Waals surface area contributed by atoms with Gasteiger partial charge in [0, 0.05) is 51.0 Å². The fourth-order valence-corrected chi connectivity index (χ4v) is 4.09. The van der Waals surface area contributed by atoms with E-state index in [0.717, 1.165) is 43.6 Å². The van der Waals surface area contributed by atoms with Gasteiger partial charge in [-0.3, -0.25) is 4.79 Å². The van der Waals surface area contributed by atoms with Crippen LogP contribution in [0, 0.1) is 6.92 Å². The maximum absolute atomic E-state index is 12.6. The van der Waals surface area contributed by atoms with Crippen LogP contribution in [0.25, 0.3) is 0 Å². The zero-order chi connectivity index (χ0) is 21.6. The highest BCUT2D eigenvalue weighted by Crippen LogP contribution is 2.26. The number of methoxy groups -OCH3 is 1. The van der Waals surface area contributed by atoms with Crippen molar-refractivity contribution in [2.45, 2.75) is 26.2 Å². The molecule has 3 heterocycles. The number of aromatic nitrogens is 2. The molecule has 166 valence electrons. The van der Waals surface area contributed by atoms with Crippen LogP contribution in [0.2, 0.25) is 0 Å². The summed E-state index contributed by atoms with van der Waals surface area (Å²) < 4.78 is 11.0. The standard InChI is InChI=1S/C23H31N5O3/c1-18-16-21(25-23(24-18)28-10-6-3-7-11-28)26-12-14-27(15-13-26)22(29)17-31-20-9-5-4-8-19(20)30-2/h4-5,8-9,16H,3,6-7,10-15,17H2,1-2H3. The van der Waals surface area contributed by atoms with E-state index in [1.54, 1.807) is 13.2 Å². The first-order chi connectivity index (χ1) is 15.1. The summed E-state index contributed by atoms with van der Waals surface area (Å²) in [4.78, 5) is 28.5. The number of hydrogen-bond donors (Lipinski definition) is 0. The fourth-order valence-electron chi connectivity index (χ4n) is 4.09. The van der Waals surface area contributed by atoms with E-state index in [2.05, 4.69) is 14.8 Å². The van der Waals surface area contributed by atoms with Crippen molar-refractivity contribution in [2.24, 2.45) is 0 Å². The van der Waals surface area contributed by atoms with Gasteiger partial charge >= 0.3 is 0 Å². The number of piperazine rings is 1. The Morgan fingerprint density at radius 1 is 0.935 bits per heavy atom. The maximum Gasteiger partial charge on any atom is 0.260 e. The van der Waals surface area contributed by atoms with E-state index < -0.39 is 0 Å². The van der Waals surface area contributed by atoms with E-state index in [0.29, 0.717) is 24.6 Å². The molecule has 2 aliphatic rings. The van der Waals surface area contributed by atoms with Crippen molar-refractivity contribution in [1.82, 2.24) is 14.9 Å². The van der Waals surface area contributed by atoms with Gasteiger partial charge in [0.2, 0.25) is 5.95 Å². The lowest BCUT2D eigenvalue weighted by Gasteiger charge is -2.36. The first-order valence-electron chi connectivity index (χ1n) is 11.0. The van der Waals surface area contributed by atoms with Crippen LogP contribution in [0.4, 0.5) is 11.8 Å². The highest BCUT2D eigenvalue weighted by atomic mass is 16.5. The summed E-state index contributed by atoms with van der Waals surface area (Å²) in [5.41, 5.74) is 0.981. The van der Waals surface area contributed by atoms with Crippen LogP contribution >= 0.6 is 0 Å². The zero-order valence-electron chi connectivity index (χ0n) is 18.4. The lowest BCUT2D eigenvalue weighted by molar-refractivity contribution is -0.133. The number of nitrogens with zero attached hydrogens (tertiary/aromatic N) is 5. The third-order valence-electron chi connectivity index (χ3n) is 5.84. The SMILES string of the molecule is COc1ccccc1OCC(=O)N1CCN(c2cc(C)nc(N3CCCCC3)n2)CC1. The van der Waals surface area contributed by atoms with Gasteiger partial charge in [-0.15, -0.1) is 0 Å². The van der Waals surface area contributed by atoms with Crippen LogP contribution in [-0.4, -0.2) is 73.8 Å². The van der Waals surface area contributed by atoms with E-state index in [-0.39, 0.29) is 12.5 Å². The summed E-state index contributed by atoms with van der Waals surface area (Å²) in [5.74, 6) is 2.98. The van der Waals surface area contributed by atoms with Crippen LogP contribution in [0.1, 0.15) is 25.0 Å². The first kappa shape index (κ1) is 21.2. The second-order valence-corrected chi connectivity index (χ2v) is 8.02. The average Bonchev–Trinajstić information content (AvgIpc) is 2.83. The smallest absolute Gasteiger partial charge is 0.260 e. The lowest BCUT2D eigenvalue weighted by Crippen LogP contribution is -2.50. The van der Waals surface area contributed by atoms with E-state index in [1.807, 2.05) is 36.1 Å². The summed E-state index contributed by atoms with van der Waals surface area (Å²) in [6.07, 6.45) is 3.68. The van der Waals surface area contributed by atoms with Gasteiger partial charge in [-0.25, -0.2) is 4.98 Å². The molecule has 0 N–H and O–H groups in total. The quantitative estimate of drug-likeness (QED) is 0.704. The number of piperidine rings is 1. The predicted molar refractivity (Wildman–Crippen MR) is 120 cm³/mol. The van der Waals surface area contributed by atoms with E-state index in [1.165, 1.54) is 19.3 Å².